The van der Waals surface area contributed by atoms with Gasteiger partial charge < -0.3 is 24.8 Å². The maximum atomic E-state index is 15.4. The van der Waals surface area contributed by atoms with Crippen molar-refractivity contribution in [3.63, 3.8) is 0 Å². The number of alkyl halides is 5. The standard InChI is InChI=1S/C40H43F5O6/c1-34(2)22-50-37(51-23-34)18-15-31-32-28(14-17-36(31,48)21-37)30-16-19-38(49,39(41,42)40(43,44)45)35(30,3)20-29(32)26-10-6-24(7-11-26)4-5-25-8-12-27(13-9-25)33(46)47/h6-13,28-30,48-49H,14-23H2,1-3H3,(H,46,47)/t28?,29-,30?,35+,36?,38+/m1/s1. The number of fused-ring (bicyclic) bond motifs is 4. The lowest BCUT2D eigenvalue weighted by molar-refractivity contribution is -0.362. The topological polar surface area (TPSA) is 96.2 Å². The molecule has 0 amide bonds. The zero-order valence-electron chi connectivity index (χ0n) is 28.9. The average Bonchev–Trinajstić information content (AvgIpc) is 3.35. The Bertz CT molecular complexity index is 1790. The van der Waals surface area contributed by atoms with E-state index in [2.05, 4.69) is 11.8 Å². The molecule has 0 aromatic heterocycles. The van der Waals surface area contributed by atoms with E-state index in [1.165, 1.54) is 19.1 Å². The number of halogens is 5. The first-order chi connectivity index (χ1) is 23.7. The Kier molecular flexibility index (Phi) is 8.39. The van der Waals surface area contributed by atoms with E-state index in [0.29, 0.717) is 49.2 Å². The maximum absolute atomic E-state index is 15.4. The van der Waals surface area contributed by atoms with Crippen molar-refractivity contribution in [2.24, 2.45) is 22.7 Å². The summed E-state index contributed by atoms with van der Waals surface area (Å²) in [7, 11) is 0. The summed E-state index contributed by atoms with van der Waals surface area (Å²) in [6, 6.07) is 13.2. The molecule has 11 heteroatoms. The molecule has 51 heavy (non-hydrogen) atoms. The minimum atomic E-state index is -5.93. The second-order valence-electron chi connectivity index (χ2n) is 16.4. The summed E-state index contributed by atoms with van der Waals surface area (Å²) in [5, 5.41) is 33.1. The smallest absolute Gasteiger partial charge is 0.456 e. The molecule has 3 saturated carbocycles. The first-order valence-corrected chi connectivity index (χ1v) is 17.6. The predicted octanol–water partition coefficient (Wildman–Crippen LogP) is 8.01. The van der Waals surface area contributed by atoms with Crippen molar-refractivity contribution in [1.82, 2.24) is 0 Å². The highest BCUT2D eigenvalue weighted by atomic mass is 19.4. The van der Waals surface area contributed by atoms with Gasteiger partial charge in [-0.3, -0.25) is 0 Å². The zero-order chi connectivity index (χ0) is 36.8. The number of aliphatic hydroxyl groups is 2. The van der Waals surface area contributed by atoms with E-state index in [1.807, 2.05) is 13.8 Å². The van der Waals surface area contributed by atoms with Gasteiger partial charge in [-0.05, 0) is 97.9 Å². The molecular weight excluding hydrogens is 671 g/mol. The molecule has 274 valence electrons. The highest BCUT2D eigenvalue weighted by Crippen LogP contribution is 2.71. The number of aromatic carboxylic acids is 1. The van der Waals surface area contributed by atoms with Crippen molar-refractivity contribution in [1.29, 1.82) is 0 Å². The number of carboxylic acid groups (broad SMARTS) is 1. The van der Waals surface area contributed by atoms with Crippen LogP contribution in [-0.2, 0) is 9.47 Å². The molecule has 0 bridgehead atoms. The Labute approximate surface area is 294 Å². The molecule has 6 nitrogen and oxygen atoms in total. The Morgan fingerprint density at radius 1 is 0.843 bits per heavy atom. The Balaban J connectivity index is 1.28. The molecule has 5 aliphatic rings. The van der Waals surface area contributed by atoms with Crippen LogP contribution in [0.15, 0.2) is 59.7 Å². The highest BCUT2D eigenvalue weighted by molar-refractivity contribution is 5.87. The van der Waals surface area contributed by atoms with E-state index in [9.17, 15) is 28.2 Å². The SMILES string of the molecule is CC1(C)COC2(CCC3=C4C(CCC3(O)C2)C2CC[C@@](O)(C(F)(F)C(F)(F)F)[C@@]2(C)C[C@@H]4c2ccc(C#Cc3ccc(C(=O)O)cc3)cc2)OC1. The van der Waals surface area contributed by atoms with Gasteiger partial charge in [0.1, 0.15) is 5.60 Å². The van der Waals surface area contributed by atoms with Gasteiger partial charge in [-0.2, -0.15) is 22.0 Å². The van der Waals surface area contributed by atoms with Crippen LogP contribution in [0.2, 0.25) is 0 Å². The summed E-state index contributed by atoms with van der Waals surface area (Å²) in [4.78, 5) is 11.2. The van der Waals surface area contributed by atoms with E-state index < -0.39 is 64.6 Å². The summed E-state index contributed by atoms with van der Waals surface area (Å²) in [6.45, 7) is 6.42. The van der Waals surface area contributed by atoms with Crippen molar-refractivity contribution in [3.8, 4) is 11.8 Å². The van der Waals surface area contributed by atoms with Crippen LogP contribution in [-0.4, -0.2) is 63.6 Å². The molecular formula is C40H43F5O6. The Morgan fingerprint density at radius 2 is 1.43 bits per heavy atom. The molecule has 0 radical (unpaired) electrons. The van der Waals surface area contributed by atoms with E-state index in [0.717, 1.165) is 11.1 Å². The Morgan fingerprint density at radius 3 is 2.00 bits per heavy atom. The lowest BCUT2D eigenvalue weighted by atomic mass is 9.49. The maximum Gasteiger partial charge on any atom is 0.456 e. The van der Waals surface area contributed by atoms with Crippen molar-refractivity contribution >= 4 is 5.97 Å². The fourth-order valence-electron chi connectivity index (χ4n) is 9.95. The number of allylic oxidation sites excluding steroid dienone is 1. The van der Waals surface area contributed by atoms with Crippen LogP contribution in [0.3, 0.4) is 0 Å². The third kappa shape index (κ3) is 5.72. The molecule has 4 aliphatic carbocycles. The van der Waals surface area contributed by atoms with Gasteiger partial charge in [0.2, 0.25) is 0 Å². The van der Waals surface area contributed by atoms with Gasteiger partial charge in [0, 0.05) is 40.7 Å². The van der Waals surface area contributed by atoms with Gasteiger partial charge in [-0.1, -0.05) is 50.3 Å². The molecule has 1 heterocycles. The first kappa shape index (κ1) is 36.1. The van der Waals surface area contributed by atoms with Gasteiger partial charge in [0.25, 0.3) is 0 Å². The van der Waals surface area contributed by atoms with Crippen LogP contribution in [0, 0.1) is 34.5 Å². The van der Waals surface area contributed by atoms with E-state index in [-0.39, 0.29) is 36.7 Å². The van der Waals surface area contributed by atoms with E-state index >= 15 is 8.78 Å². The van der Waals surface area contributed by atoms with Gasteiger partial charge in [-0.15, -0.1) is 0 Å². The predicted molar refractivity (Wildman–Crippen MR) is 177 cm³/mol. The largest absolute Gasteiger partial charge is 0.478 e. The van der Waals surface area contributed by atoms with Crippen molar-refractivity contribution in [2.75, 3.05) is 13.2 Å². The number of hydrogen-bond acceptors (Lipinski definition) is 5. The fourth-order valence-corrected chi connectivity index (χ4v) is 9.95. The summed E-state index contributed by atoms with van der Waals surface area (Å²) in [5.74, 6) is -2.99. The number of benzene rings is 2. The Hall–Kier alpha value is -3.30. The molecule has 1 aliphatic heterocycles. The number of carboxylic acids is 1. The molecule has 7 rings (SSSR count). The molecule has 2 aromatic rings. The monoisotopic (exact) mass is 714 g/mol. The number of carbonyl (C=O) groups is 1. The van der Waals surface area contributed by atoms with Crippen molar-refractivity contribution < 1.29 is 51.5 Å². The minimum Gasteiger partial charge on any atom is -0.478 e. The van der Waals surface area contributed by atoms with Gasteiger partial charge in [-0.25, -0.2) is 4.79 Å². The molecule has 3 unspecified atom stereocenters. The molecule has 4 fully saturated rings. The summed E-state index contributed by atoms with van der Waals surface area (Å²) in [6.07, 6.45) is -5.00. The average molecular weight is 715 g/mol. The number of hydrogen-bond donors (Lipinski definition) is 3. The highest BCUT2D eigenvalue weighted by Gasteiger charge is 2.79. The molecule has 1 spiro atoms. The molecule has 1 saturated heterocycles. The molecule has 6 atom stereocenters. The fraction of sp³-hybridized carbons (Fsp3) is 0.575. The van der Waals surface area contributed by atoms with Crippen LogP contribution in [0.25, 0.3) is 0 Å². The second-order valence-corrected chi connectivity index (χ2v) is 16.4. The third-order valence-corrected chi connectivity index (χ3v) is 12.7. The van der Waals surface area contributed by atoms with Crippen LogP contribution >= 0.6 is 0 Å². The van der Waals surface area contributed by atoms with Gasteiger partial charge in [0.05, 0.1) is 24.4 Å². The normalized spacial score (nSPS) is 34.2. The number of rotatable bonds is 3. The molecule has 3 N–H and O–H groups in total. The zero-order valence-corrected chi connectivity index (χ0v) is 28.9. The quantitative estimate of drug-likeness (QED) is 0.170. The minimum absolute atomic E-state index is 0.0124. The summed E-state index contributed by atoms with van der Waals surface area (Å²) < 4.78 is 85.4. The molecule has 2 aromatic carbocycles. The lowest BCUT2D eigenvalue weighted by Gasteiger charge is -2.59. The van der Waals surface area contributed by atoms with Crippen LogP contribution in [0.4, 0.5) is 22.0 Å². The van der Waals surface area contributed by atoms with Crippen molar-refractivity contribution in [3.05, 3.63) is 81.9 Å². The summed E-state index contributed by atoms with van der Waals surface area (Å²) in [5.41, 5.74) is -2.86. The van der Waals surface area contributed by atoms with Gasteiger partial charge >= 0.3 is 18.1 Å². The van der Waals surface area contributed by atoms with Crippen LogP contribution < -0.4 is 0 Å². The van der Waals surface area contributed by atoms with E-state index in [4.69, 9.17) is 14.6 Å². The third-order valence-electron chi connectivity index (χ3n) is 12.7. The van der Waals surface area contributed by atoms with Crippen LogP contribution in [0.1, 0.15) is 105 Å². The number of ether oxygens (including phenoxy) is 2. The van der Waals surface area contributed by atoms with Crippen LogP contribution in [0.5, 0.6) is 0 Å². The van der Waals surface area contributed by atoms with Crippen molar-refractivity contribution in [2.45, 2.75) is 107 Å². The summed E-state index contributed by atoms with van der Waals surface area (Å²) >= 11 is 0. The first-order valence-electron chi connectivity index (χ1n) is 17.6. The lowest BCUT2D eigenvalue weighted by Crippen LogP contribution is -2.65. The van der Waals surface area contributed by atoms with E-state index in [1.54, 1.807) is 36.4 Å². The second kappa shape index (κ2) is 11.9. The van der Waals surface area contributed by atoms with Gasteiger partial charge in [0.15, 0.2) is 5.79 Å².